The van der Waals surface area contributed by atoms with Gasteiger partial charge < -0.3 is 15.4 Å². The van der Waals surface area contributed by atoms with Crippen molar-refractivity contribution >= 4 is 23.9 Å². The van der Waals surface area contributed by atoms with Crippen LogP contribution >= 0.6 is 0 Å². The molecule has 20 heavy (non-hydrogen) atoms. The van der Waals surface area contributed by atoms with Crippen LogP contribution in [0.2, 0.25) is 0 Å². The normalized spacial score (nSPS) is 11.5. The van der Waals surface area contributed by atoms with Crippen molar-refractivity contribution in [2.24, 2.45) is 7.05 Å². The molecule has 1 atom stereocenters. The highest BCUT2D eigenvalue weighted by atomic mass is 16.2. The molecule has 0 aliphatic heterocycles. The summed E-state index contributed by atoms with van der Waals surface area (Å²) in [7, 11) is 2.95. The number of amides is 2. The number of nitrogens with one attached hydrogen (secondary N) is 2. The molecule has 0 aliphatic rings. The molecule has 0 fully saturated rings. The second kappa shape index (κ2) is 7.17. The minimum Gasteiger partial charge on any atom is -0.353 e. The largest absolute Gasteiger partial charge is 0.353 e. The van der Waals surface area contributed by atoms with Gasteiger partial charge in [0, 0.05) is 26.7 Å². The van der Waals surface area contributed by atoms with Crippen LogP contribution in [-0.2, 0) is 21.4 Å². The van der Waals surface area contributed by atoms with Crippen molar-refractivity contribution in [1.82, 2.24) is 20.4 Å². The monoisotopic (exact) mass is 280 g/mol. The lowest BCUT2D eigenvalue weighted by atomic mass is 10.1. The van der Waals surface area contributed by atoms with Gasteiger partial charge in [0.15, 0.2) is 0 Å². The molecule has 2 N–H and O–H groups in total. The maximum Gasteiger partial charge on any atom is 0.287 e. The summed E-state index contributed by atoms with van der Waals surface area (Å²) in [4.78, 5) is 45.1. The van der Waals surface area contributed by atoms with Crippen LogP contribution in [0.1, 0.15) is 23.3 Å². The maximum atomic E-state index is 11.8. The number of nitrogens with zero attached hydrogens (tertiary/aromatic N) is 2. The Bertz CT molecular complexity index is 523. The minimum atomic E-state index is -0.828. The predicted molar refractivity (Wildman–Crippen MR) is 68.8 cm³/mol. The minimum absolute atomic E-state index is 0.0688. The third-order valence-corrected chi connectivity index (χ3v) is 2.70. The number of hydrogen-bond donors (Lipinski definition) is 2. The third-order valence-electron chi connectivity index (χ3n) is 2.70. The molecule has 0 saturated carbocycles. The summed E-state index contributed by atoms with van der Waals surface area (Å²) in [6, 6.07) is 0.679. The van der Waals surface area contributed by atoms with E-state index in [1.165, 1.54) is 24.0 Å². The molecule has 8 nitrogen and oxygen atoms in total. The van der Waals surface area contributed by atoms with Crippen molar-refractivity contribution in [2.45, 2.75) is 18.9 Å². The Morgan fingerprint density at radius 2 is 2.15 bits per heavy atom. The Hall–Kier alpha value is -2.51. The van der Waals surface area contributed by atoms with E-state index in [0.717, 1.165) is 0 Å². The van der Waals surface area contributed by atoms with E-state index in [0.29, 0.717) is 12.0 Å². The average molecular weight is 280 g/mol. The summed E-state index contributed by atoms with van der Waals surface area (Å²) in [5.74, 6) is -1.81. The van der Waals surface area contributed by atoms with E-state index < -0.39 is 23.6 Å². The van der Waals surface area contributed by atoms with Crippen molar-refractivity contribution in [3.63, 3.8) is 0 Å². The first-order valence-corrected chi connectivity index (χ1v) is 5.98. The predicted octanol–water partition coefficient (Wildman–Crippen LogP) is -1.19. The molecule has 1 rings (SSSR count). The van der Waals surface area contributed by atoms with Crippen LogP contribution < -0.4 is 10.6 Å². The van der Waals surface area contributed by atoms with Crippen molar-refractivity contribution in [3.8, 4) is 0 Å². The average Bonchev–Trinajstić information content (AvgIpc) is 2.88. The van der Waals surface area contributed by atoms with Gasteiger partial charge in [0.2, 0.25) is 5.78 Å². The van der Waals surface area contributed by atoms with Gasteiger partial charge in [-0.25, -0.2) is 0 Å². The van der Waals surface area contributed by atoms with Gasteiger partial charge in [-0.15, -0.1) is 0 Å². The van der Waals surface area contributed by atoms with Crippen LogP contribution in [0, 0.1) is 0 Å². The van der Waals surface area contributed by atoms with Crippen LogP contribution in [0.25, 0.3) is 0 Å². The molecule has 0 radical (unpaired) electrons. The second-order valence-electron chi connectivity index (χ2n) is 4.10. The highest BCUT2D eigenvalue weighted by molar-refractivity contribution is 6.36. The van der Waals surface area contributed by atoms with E-state index >= 15 is 0 Å². The SMILES string of the molecule is CNC(=O)C(=O)CC[C@@H](C=O)NC(=O)c1ccnn1C. The smallest absolute Gasteiger partial charge is 0.287 e. The molecular formula is C12H16N4O4. The molecule has 0 aromatic carbocycles. The first-order chi connectivity index (χ1) is 9.49. The van der Waals surface area contributed by atoms with Crippen LogP contribution in [0.15, 0.2) is 12.3 Å². The fraction of sp³-hybridized carbons (Fsp3) is 0.417. The Morgan fingerprint density at radius 3 is 2.65 bits per heavy atom. The molecular weight excluding hydrogens is 264 g/mol. The Kier molecular flexibility index (Phi) is 5.57. The summed E-state index contributed by atoms with van der Waals surface area (Å²) in [6.07, 6.45) is 1.94. The van der Waals surface area contributed by atoms with Crippen molar-refractivity contribution < 1.29 is 19.2 Å². The highest BCUT2D eigenvalue weighted by Crippen LogP contribution is 2.01. The standard InChI is InChI=1S/C12H16N4O4/c1-13-12(20)10(18)4-3-8(7-17)15-11(19)9-5-6-14-16(9)2/h5-8H,3-4H2,1-2H3,(H,13,20)(H,15,19)/t8-/m0/s1. The summed E-state index contributed by atoms with van der Waals surface area (Å²) in [5.41, 5.74) is 0.300. The number of ketones is 1. The Labute approximate surface area is 115 Å². The van der Waals surface area contributed by atoms with Gasteiger partial charge in [0.1, 0.15) is 12.0 Å². The third kappa shape index (κ3) is 4.01. The van der Waals surface area contributed by atoms with E-state index in [-0.39, 0.29) is 12.8 Å². The van der Waals surface area contributed by atoms with E-state index in [4.69, 9.17) is 0 Å². The summed E-state index contributed by atoms with van der Waals surface area (Å²) in [6.45, 7) is 0. The fourth-order valence-electron chi connectivity index (χ4n) is 1.55. The topological polar surface area (TPSA) is 110 Å². The van der Waals surface area contributed by atoms with Gasteiger partial charge in [-0.2, -0.15) is 5.10 Å². The van der Waals surface area contributed by atoms with Gasteiger partial charge in [0.25, 0.3) is 11.8 Å². The van der Waals surface area contributed by atoms with Gasteiger partial charge in [-0.05, 0) is 12.5 Å². The first kappa shape index (κ1) is 15.5. The molecule has 0 saturated heterocycles. The molecule has 2 amide bonds. The maximum absolute atomic E-state index is 11.8. The zero-order valence-electron chi connectivity index (χ0n) is 11.3. The number of aldehydes is 1. The molecule has 0 bridgehead atoms. The van der Waals surface area contributed by atoms with E-state index in [1.54, 1.807) is 7.05 Å². The van der Waals surface area contributed by atoms with Crippen LogP contribution in [0.4, 0.5) is 0 Å². The van der Waals surface area contributed by atoms with E-state index in [1.807, 2.05) is 0 Å². The van der Waals surface area contributed by atoms with Gasteiger partial charge in [0.05, 0.1) is 6.04 Å². The lowest BCUT2D eigenvalue weighted by Gasteiger charge is -2.12. The summed E-state index contributed by atoms with van der Waals surface area (Å²) in [5, 5.41) is 8.51. The molecule has 0 unspecified atom stereocenters. The number of carbonyl (C=O) groups excluding carboxylic acids is 4. The van der Waals surface area contributed by atoms with Crippen LogP contribution in [-0.4, -0.2) is 46.8 Å². The van der Waals surface area contributed by atoms with Crippen molar-refractivity contribution in [2.75, 3.05) is 7.05 Å². The molecule has 108 valence electrons. The van der Waals surface area contributed by atoms with Gasteiger partial charge in [-0.3, -0.25) is 19.1 Å². The molecule has 0 aliphatic carbocycles. The zero-order chi connectivity index (χ0) is 15.1. The fourth-order valence-corrected chi connectivity index (χ4v) is 1.55. The molecule has 1 aromatic rings. The van der Waals surface area contributed by atoms with Crippen LogP contribution in [0.5, 0.6) is 0 Å². The number of aromatic nitrogens is 2. The summed E-state index contributed by atoms with van der Waals surface area (Å²) < 4.78 is 1.37. The summed E-state index contributed by atoms with van der Waals surface area (Å²) >= 11 is 0. The van der Waals surface area contributed by atoms with Crippen molar-refractivity contribution in [1.29, 1.82) is 0 Å². The molecule has 8 heteroatoms. The highest BCUT2D eigenvalue weighted by Gasteiger charge is 2.18. The van der Waals surface area contributed by atoms with Gasteiger partial charge >= 0.3 is 0 Å². The number of likely N-dealkylation sites (N-methyl/N-ethyl adjacent to an activating group) is 1. The van der Waals surface area contributed by atoms with E-state index in [2.05, 4.69) is 15.7 Å². The molecule has 1 heterocycles. The van der Waals surface area contributed by atoms with Gasteiger partial charge in [-0.1, -0.05) is 0 Å². The van der Waals surface area contributed by atoms with Crippen molar-refractivity contribution in [3.05, 3.63) is 18.0 Å². The number of Topliss-reactive ketones (excluding diaryl/α,β-unsaturated/α-hetero) is 1. The second-order valence-corrected chi connectivity index (χ2v) is 4.10. The Balaban J connectivity index is 2.54. The lowest BCUT2D eigenvalue weighted by Crippen LogP contribution is -2.38. The number of rotatable bonds is 7. The Morgan fingerprint density at radius 1 is 1.45 bits per heavy atom. The first-order valence-electron chi connectivity index (χ1n) is 5.98. The number of hydrogen-bond acceptors (Lipinski definition) is 5. The quantitative estimate of drug-likeness (QED) is 0.482. The molecule has 0 spiro atoms. The molecule has 1 aromatic heterocycles. The van der Waals surface area contributed by atoms with E-state index in [9.17, 15) is 19.2 Å². The zero-order valence-corrected chi connectivity index (χ0v) is 11.3. The van der Waals surface area contributed by atoms with Crippen LogP contribution in [0.3, 0.4) is 0 Å². The number of carbonyl (C=O) groups is 4. The lowest BCUT2D eigenvalue weighted by molar-refractivity contribution is -0.137. The number of aryl methyl sites for hydroxylation is 1.